The lowest BCUT2D eigenvalue weighted by atomic mass is 10.3. The van der Waals surface area contributed by atoms with Gasteiger partial charge in [-0.15, -0.1) is 11.3 Å². The van der Waals surface area contributed by atoms with Crippen LogP contribution in [0.1, 0.15) is 21.9 Å². The minimum Gasteiger partial charge on any atom is -0.476 e. The molecule has 18 heavy (non-hydrogen) atoms. The van der Waals surface area contributed by atoms with Gasteiger partial charge in [-0.05, 0) is 13.8 Å². The first-order valence-corrected chi connectivity index (χ1v) is 6.17. The Bertz CT molecular complexity index is 752. The van der Waals surface area contributed by atoms with Crippen LogP contribution in [0.4, 0.5) is 0 Å². The predicted molar refractivity (Wildman–Crippen MR) is 66.6 cm³/mol. The van der Waals surface area contributed by atoms with Crippen LogP contribution in [0.5, 0.6) is 0 Å². The summed E-state index contributed by atoms with van der Waals surface area (Å²) in [5.74, 6) is -0.589. The third-order valence-corrected chi connectivity index (χ3v) is 3.68. The van der Waals surface area contributed by atoms with E-state index >= 15 is 0 Å². The van der Waals surface area contributed by atoms with Crippen molar-refractivity contribution in [3.8, 4) is 5.82 Å². The molecular formula is C11H10N4O2S. The molecule has 0 aromatic carbocycles. The van der Waals surface area contributed by atoms with Gasteiger partial charge in [0.25, 0.3) is 0 Å². The lowest BCUT2D eigenvalue weighted by Gasteiger charge is -2.02. The number of carboxylic acids is 1. The SMILES string of the molecule is Cc1ncn(-c2nc3sccn3c2C(=O)O)c1C. The number of rotatable bonds is 2. The van der Waals surface area contributed by atoms with Crippen molar-refractivity contribution in [1.82, 2.24) is 18.9 Å². The van der Waals surface area contributed by atoms with Crippen LogP contribution in [0.3, 0.4) is 0 Å². The Balaban J connectivity index is 2.35. The van der Waals surface area contributed by atoms with Crippen molar-refractivity contribution in [2.75, 3.05) is 0 Å². The fourth-order valence-electron chi connectivity index (χ4n) is 1.85. The van der Waals surface area contributed by atoms with Gasteiger partial charge in [0.1, 0.15) is 6.33 Å². The molecule has 92 valence electrons. The standard InChI is InChI=1S/C11H10N4O2S/c1-6-7(2)15(5-12-6)9-8(10(16)17)14-3-4-18-11(14)13-9/h3-5H,1-2H3,(H,16,17). The van der Waals surface area contributed by atoms with Crippen molar-refractivity contribution in [1.29, 1.82) is 0 Å². The van der Waals surface area contributed by atoms with Crippen LogP contribution >= 0.6 is 11.3 Å². The highest BCUT2D eigenvalue weighted by molar-refractivity contribution is 7.15. The number of aromatic carboxylic acids is 1. The fourth-order valence-corrected chi connectivity index (χ4v) is 2.56. The van der Waals surface area contributed by atoms with Gasteiger partial charge in [-0.3, -0.25) is 8.97 Å². The van der Waals surface area contributed by atoms with Crippen LogP contribution in [0.25, 0.3) is 10.8 Å². The number of hydrogen-bond acceptors (Lipinski definition) is 4. The third kappa shape index (κ3) is 1.37. The molecule has 0 fully saturated rings. The highest BCUT2D eigenvalue weighted by atomic mass is 32.1. The number of thiazole rings is 1. The zero-order valence-electron chi connectivity index (χ0n) is 9.78. The summed E-state index contributed by atoms with van der Waals surface area (Å²) < 4.78 is 3.29. The van der Waals surface area contributed by atoms with Crippen LogP contribution in [0, 0.1) is 13.8 Å². The molecule has 0 aliphatic heterocycles. The van der Waals surface area contributed by atoms with E-state index in [-0.39, 0.29) is 5.69 Å². The van der Waals surface area contributed by atoms with Crippen LogP contribution in [-0.2, 0) is 0 Å². The van der Waals surface area contributed by atoms with E-state index in [4.69, 9.17) is 0 Å². The molecule has 0 amide bonds. The summed E-state index contributed by atoms with van der Waals surface area (Å²) in [5, 5.41) is 11.2. The van der Waals surface area contributed by atoms with Gasteiger partial charge in [0.2, 0.25) is 0 Å². The van der Waals surface area contributed by atoms with Crippen molar-refractivity contribution in [3.05, 3.63) is 35.0 Å². The molecule has 6 nitrogen and oxygen atoms in total. The van der Waals surface area contributed by atoms with Crippen LogP contribution in [-0.4, -0.2) is 30.0 Å². The van der Waals surface area contributed by atoms with Crippen LogP contribution in [0.2, 0.25) is 0 Å². The molecule has 0 atom stereocenters. The Hall–Kier alpha value is -2.15. The number of carboxylic acid groups (broad SMARTS) is 1. The maximum absolute atomic E-state index is 11.4. The second kappa shape index (κ2) is 3.67. The number of aryl methyl sites for hydroxylation is 1. The Labute approximate surface area is 106 Å². The fraction of sp³-hybridized carbons (Fsp3) is 0.182. The van der Waals surface area contributed by atoms with E-state index in [1.165, 1.54) is 11.3 Å². The molecule has 1 N–H and O–H groups in total. The maximum Gasteiger partial charge on any atom is 0.356 e. The van der Waals surface area contributed by atoms with E-state index in [9.17, 15) is 9.90 Å². The van der Waals surface area contributed by atoms with Gasteiger partial charge in [0.05, 0.1) is 5.69 Å². The first-order chi connectivity index (χ1) is 8.59. The maximum atomic E-state index is 11.4. The van der Waals surface area contributed by atoms with Gasteiger partial charge in [0, 0.05) is 17.3 Å². The normalized spacial score (nSPS) is 11.2. The molecule has 0 unspecified atom stereocenters. The number of aromatic nitrogens is 4. The quantitative estimate of drug-likeness (QED) is 0.765. The largest absolute Gasteiger partial charge is 0.476 e. The van der Waals surface area contributed by atoms with Gasteiger partial charge < -0.3 is 5.11 Å². The third-order valence-electron chi connectivity index (χ3n) is 2.93. The minimum atomic E-state index is -0.998. The van der Waals surface area contributed by atoms with E-state index in [1.807, 2.05) is 19.2 Å². The summed E-state index contributed by atoms with van der Waals surface area (Å²) in [5.41, 5.74) is 1.91. The van der Waals surface area contributed by atoms with Crippen molar-refractivity contribution < 1.29 is 9.90 Å². The molecule has 0 bridgehead atoms. The zero-order chi connectivity index (χ0) is 12.9. The van der Waals surface area contributed by atoms with Gasteiger partial charge in [-0.25, -0.2) is 9.78 Å². The Morgan fingerprint density at radius 1 is 1.44 bits per heavy atom. The smallest absolute Gasteiger partial charge is 0.356 e. The number of fused-ring (bicyclic) bond motifs is 1. The Kier molecular flexibility index (Phi) is 2.24. The topological polar surface area (TPSA) is 72.4 Å². The van der Waals surface area contributed by atoms with Gasteiger partial charge in [-0.1, -0.05) is 0 Å². The van der Waals surface area contributed by atoms with Crippen molar-refractivity contribution in [2.45, 2.75) is 13.8 Å². The van der Waals surface area contributed by atoms with Crippen molar-refractivity contribution in [2.24, 2.45) is 0 Å². The van der Waals surface area contributed by atoms with Crippen LogP contribution in [0.15, 0.2) is 17.9 Å². The molecule has 3 rings (SSSR count). The van der Waals surface area contributed by atoms with Crippen LogP contribution < -0.4 is 0 Å². The van der Waals surface area contributed by atoms with Crippen molar-refractivity contribution >= 4 is 22.3 Å². The Morgan fingerprint density at radius 3 is 2.83 bits per heavy atom. The monoisotopic (exact) mass is 262 g/mol. The average Bonchev–Trinajstić information content (AvgIpc) is 2.94. The number of carbonyl (C=O) groups is 1. The molecule has 0 aliphatic rings. The number of nitrogens with zero attached hydrogens (tertiary/aromatic N) is 4. The molecule has 0 radical (unpaired) electrons. The molecule has 7 heteroatoms. The number of hydrogen-bond donors (Lipinski definition) is 1. The van der Waals surface area contributed by atoms with E-state index in [0.717, 1.165) is 11.4 Å². The zero-order valence-corrected chi connectivity index (χ0v) is 10.6. The van der Waals surface area contributed by atoms with E-state index < -0.39 is 5.97 Å². The molecule has 3 heterocycles. The van der Waals surface area contributed by atoms with E-state index in [1.54, 1.807) is 21.5 Å². The second-order valence-electron chi connectivity index (χ2n) is 3.93. The molecular weight excluding hydrogens is 252 g/mol. The summed E-state index contributed by atoms with van der Waals surface area (Å²) >= 11 is 1.40. The summed E-state index contributed by atoms with van der Waals surface area (Å²) in [4.78, 5) is 20.6. The molecule has 3 aromatic rings. The highest BCUT2D eigenvalue weighted by Gasteiger charge is 2.22. The summed E-state index contributed by atoms with van der Waals surface area (Å²) in [6.45, 7) is 3.77. The van der Waals surface area contributed by atoms with E-state index in [0.29, 0.717) is 10.8 Å². The summed E-state index contributed by atoms with van der Waals surface area (Å²) in [7, 11) is 0. The minimum absolute atomic E-state index is 0.159. The molecule has 0 saturated heterocycles. The lowest BCUT2D eigenvalue weighted by molar-refractivity contribution is 0.0689. The molecule has 0 aliphatic carbocycles. The second-order valence-corrected chi connectivity index (χ2v) is 4.80. The predicted octanol–water partition coefficient (Wildman–Crippen LogP) is 1.90. The molecule has 0 spiro atoms. The number of imidazole rings is 2. The first kappa shape index (κ1) is 11.0. The van der Waals surface area contributed by atoms with Crippen molar-refractivity contribution in [3.63, 3.8) is 0 Å². The lowest BCUT2D eigenvalue weighted by Crippen LogP contribution is -2.07. The van der Waals surface area contributed by atoms with E-state index in [2.05, 4.69) is 9.97 Å². The van der Waals surface area contributed by atoms with Gasteiger partial charge in [-0.2, -0.15) is 4.98 Å². The molecule has 0 saturated carbocycles. The highest BCUT2D eigenvalue weighted by Crippen LogP contribution is 2.22. The summed E-state index contributed by atoms with van der Waals surface area (Å²) in [6.07, 6.45) is 3.31. The molecule has 3 aromatic heterocycles. The average molecular weight is 262 g/mol. The van der Waals surface area contributed by atoms with Gasteiger partial charge in [0.15, 0.2) is 16.5 Å². The van der Waals surface area contributed by atoms with Gasteiger partial charge >= 0.3 is 5.97 Å². The Morgan fingerprint density at radius 2 is 2.22 bits per heavy atom. The first-order valence-electron chi connectivity index (χ1n) is 5.29. The summed E-state index contributed by atoms with van der Waals surface area (Å²) in [6, 6.07) is 0.